The normalized spacial score (nSPS) is 24.8. The van der Waals surface area contributed by atoms with Crippen LogP contribution in [0.5, 0.6) is 0 Å². The van der Waals surface area contributed by atoms with E-state index in [9.17, 15) is 5.11 Å². The molecule has 0 aromatic carbocycles. The molecule has 96 valence electrons. The van der Waals surface area contributed by atoms with Crippen LogP contribution in [0.1, 0.15) is 29.6 Å². The van der Waals surface area contributed by atoms with Crippen LogP contribution in [-0.4, -0.2) is 26.8 Å². The second-order valence-electron chi connectivity index (χ2n) is 4.83. The number of nitrogens with zero attached hydrogens (tertiary/aromatic N) is 2. The van der Waals surface area contributed by atoms with Crippen molar-refractivity contribution in [3.63, 3.8) is 0 Å². The van der Waals surface area contributed by atoms with E-state index in [0.29, 0.717) is 6.04 Å². The van der Waals surface area contributed by atoms with Crippen LogP contribution in [-0.2, 0) is 7.05 Å². The molecule has 0 saturated heterocycles. The van der Waals surface area contributed by atoms with Crippen molar-refractivity contribution >= 4 is 11.3 Å². The molecule has 1 aliphatic rings. The predicted molar refractivity (Wildman–Crippen MR) is 71.5 cm³/mol. The number of hydrogen-bond acceptors (Lipinski definition) is 4. The summed E-state index contributed by atoms with van der Waals surface area (Å²) in [6, 6.07) is 4.71. The van der Waals surface area contributed by atoms with E-state index in [4.69, 9.17) is 0 Å². The molecule has 0 radical (unpaired) electrons. The highest BCUT2D eigenvalue weighted by Gasteiger charge is 2.31. The van der Waals surface area contributed by atoms with Gasteiger partial charge in [0.25, 0.3) is 0 Å². The minimum absolute atomic E-state index is 0.127. The van der Waals surface area contributed by atoms with Gasteiger partial charge in [0.15, 0.2) is 0 Å². The second-order valence-corrected chi connectivity index (χ2v) is 5.81. The topological polar surface area (TPSA) is 50.1 Å². The first-order valence-electron chi connectivity index (χ1n) is 6.19. The van der Waals surface area contributed by atoms with Crippen molar-refractivity contribution in [2.75, 3.05) is 0 Å². The third-order valence-corrected chi connectivity index (χ3v) is 4.40. The van der Waals surface area contributed by atoms with Gasteiger partial charge < -0.3 is 15.0 Å². The fraction of sp³-hybridized carbons (Fsp3) is 0.462. The van der Waals surface area contributed by atoms with Crippen LogP contribution in [0.25, 0.3) is 0 Å². The Bertz CT molecular complexity index is 502. The van der Waals surface area contributed by atoms with Crippen LogP contribution in [0.4, 0.5) is 0 Å². The quantitative estimate of drug-likeness (QED) is 0.882. The van der Waals surface area contributed by atoms with Crippen molar-refractivity contribution in [1.82, 2.24) is 14.9 Å². The van der Waals surface area contributed by atoms with Crippen molar-refractivity contribution in [2.24, 2.45) is 7.05 Å². The average Bonchev–Trinajstić information content (AvgIpc) is 2.94. The van der Waals surface area contributed by atoms with E-state index in [1.54, 1.807) is 11.3 Å². The lowest BCUT2D eigenvalue weighted by molar-refractivity contribution is 0.0592. The van der Waals surface area contributed by atoms with Crippen LogP contribution in [0.2, 0.25) is 0 Å². The Morgan fingerprint density at radius 1 is 1.56 bits per heavy atom. The van der Waals surface area contributed by atoms with Gasteiger partial charge in [0.1, 0.15) is 11.9 Å². The van der Waals surface area contributed by atoms with E-state index in [2.05, 4.69) is 27.8 Å². The maximum atomic E-state index is 9.39. The van der Waals surface area contributed by atoms with E-state index in [0.717, 1.165) is 18.7 Å². The number of thiophene rings is 1. The molecule has 2 heterocycles. The molecule has 4 nitrogen and oxygen atoms in total. The molecule has 3 rings (SSSR count). The molecule has 1 atom stereocenters. The number of aryl methyl sites for hydroxylation is 1. The number of imidazole rings is 1. The summed E-state index contributed by atoms with van der Waals surface area (Å²) in [5.74, 6) is 1.03. The summed E-state index contributed by atoms with van der Waals surface area (Å²) in [6.07, 6.45) is 5.34. The predicted octanol–water partition coefficient (Wildman–Crippen LogP) is 1.68. The van der Waals surface area contributed by atoms with Crippen LogP contribution in [0.3, 0.4) is 0 Å². The summed E-state index contributed by atoms with van der Waals surface area (Å²) >= 11 is 1.74. The first kappa shape index (κ1) is 11.9. The van der Waals surface area contributed by atoms with E-state index >= 15 is 0 Å². The number of hydrogen-bond donors (Lipinski definition) is 2. The van der Waals surface area contributed by atoms with Crippen molar-refractivity contribution in [1.29, 1.82) is 0 Å². The van der Waals surface area contributed by atoms with Gasteiger partial charge in [-0.3, -0.25) is 0 Å². The van der Waals surface area contributed by atoms with Gasteiger partial charge in [-0.05, 0) is 24.3 Å². The fourth-order valence-corrected chi connectivity index (χ4v) is 3.14. The molecule has 0 aliphatic heterocycles. The van der Waals surface area contributed by atoms with Crippen molar-refractivity contribution in [3.8, 4) is 0 Å². The minimum Gasteiger partial charge on any atom is -0.393 e. The molecule has 1 aliphatic carbocycles. The smallest absolute Gasteiger partial charge is 0.131 e. The highest BCUT2D eigenvalue weighted by Crippen LogP contribution is 2.29. The molecule has 18 heavy (non-hydrogen) atoms. The lowest BCUT2D eigenvalue weighted by Gasteiger charge is -2.35. The molecule has 2 aromatic heterocycles. The Morgan fingerprint density at radius 2 is 2.39 bits per heavy atom. The van der Waals surface area contributed by atoms with Crippen LogP contribution in [0.15, 0.2) is 29.9 Å². The van der Waals surface area contributed by atoms with E-state index in [1.807, 2.05) is 24.0 Å². The van der Waals surface area contributed by atoms with Gasteiger partial charge in [0, 0.05) is 30.4 Å². The molecule has 1 fully saturated rings. The Hall–Kier alpha value is -1.17. The average molecular weight is 263 g/mol. The minimum atomic E-state index is -0.132. The van der Waals surface area contributed by atoms with Gasteiger partial charge in [0.05, 0.1) is 6.10 Å². The molecular weight excluding hydrogens is 246 g/mol. The molecule has 0 spiro atoms. The Kier molecular flexibility index (Phi) is 3.20. The van der Waals surface area contributed by atoms with Crippen molar-refractivity contribution < 1.29 is 5.11 Å². The lowest BCUT2D eigenvalue weighted by Crippen LogP contribution is -2.46. The SMILES string of the molecule is Cn1ccnc1C(NC1CC(O)C1)c1cccs1. The standard InChI is InChI=1S/C13H17N3OS/c1-16-5-4-14-13(16)12(11-3-2-6-18-11)15-9-7-10(17)8-9/h2-6,9-10,12,15,17H,7-8H2,1H3. The molecule has 2 N–H and O–H groups in total. The third-order valence-electron chi connectivity index (χ3n) is 3.46. The van der Waals surface area contributed by atoms with Gasteiger partial charge in [-0.1, -0.05) is 6.07 Å². The zero-order valence-corrected chi connectivity index (χ0v) is 11.1. The Labute approximate surface area is 110 Å². The van der Waals surface area contributed by atoms with E-state index in [1.165, 1.54) is 4.88 Å². The van der Waals surface area contributed by atoms with Crippen LogP contribution < -0.4 is 5.32 Å². The van der Waals surface area contributed by atoms with Gasteiger partial charge in [-0.2, -0.15) is 0 Å². The molecular formula is C13H17N3OS. The van der Waals surface area contributed by atoms with E-state index < -0.39 is 0 Å². The molecule has 5 heteroatoms. The highest BCUT2D eigenvalue weighted by molar-refractivity contribution is 7.10. The summed E-state index contributed by atoms with van der Waals surface area (Å²) in [7, 11) is 2.01. The number of nitrogens with one attached hydrogen (secondary N) is 1. The summed E-state index contributed by atoms with van der Waals surface area (Å²) < 4.78 is 2.05. The van der Waals surface area contributed by atoms with Crippen molar-refractivity contribution in [2.45, 2.75) is 31.0 Å². The highest BCUT2D eigenvalue weighted by atomic mass is 32.1. The Balaban J connectivity index is 1.83. The van der Waals surface area contributed by atoms with Gasteiger partial charge >= 0.3 is 0 Å². The molecule has 2 aromatic rings. The number of aliphatic hydroxyl groups excluding tert-OH is 1. The molecule has 0 bridgehead atoms. The maximum absolute atomic E-state index is 9.39. The largest absolute Gasteiger partial charge is 0.393 e. The zero-order valence-electron chi connectivity index (χ0n) is 10.3. The third kappa shape index (κ3) is 2.21. The lowest BCUT2D eigenvalue weighted by atomic mass is 9.89. The number of aliphatic hydroxyl groups is 1. The first-order valence-corrected chi connectivity index (χ1v) is 7.06. The zero-order chi connectivity index (χ0) is 12.5. The Morgan fingerprint density at radius 3 is 2.94 bits per heavy atom. The maximum Gasteiger partial charge on any atom is 0.131 e. The van der Waals surface area contributed by atoms with Crippen LogP contribution in [0, 0.1) is 0 Å². The number of rotatable bonds is 4. The summed E-state index contributed by atoms with van der Waals surface area (Å²) in [4.78, 5) is 5.72. The summed E-state index contributed by atoms with van der Waals surface area (Å²) in [5, 5.41) is 15.1. The van der Waals surface area contributed by atoms with Gasteiger partial charge in [-0.25, -0.2) is 4.98 Å². The van der Waals surface area contributed by atoms with Crippen molar-refractivity contribution in [3.05, 3.63) is 40.6 Å². The van der Waals surface area contributed by atoms with Gasteiger partial charge in [-0.15, -0.1) is 11.3 Å². The first-order chi connectivity index (χ1) is 8.74. The molecule has 1 saturated carbocycles. The molecule has 1 unspecified atom stereocenters. The second kappa shape index (κ2) is 4.84. The molecule has 0 amide bonds. The van der Waals surface area contributed by atoms with E-state index in [-0.39, 0.29) is 12.1 Å². The number of aromatic nitrogens is 2. The fourth-order valence-electron chi connectivity index (χ4n) is 2.35. The summed E-state index contributed by atoms with van der Waals surface area (Å²) in [6.45, 7) is 0. The summed E-state index contributed by atoms with van der Waals surface area (Å²) in [5.41, 5.74) is 0. The van der Waals surface area contributed by atoms with Crippen LogP contribution >= 0.6 is 11.3 Å². The van der Waals surface area contributed by atoms with Gasteiger partial charge in [0.2, 0.25) is 0 Å². The monoisotopic (exact) mass is 263 g/mol.